The predicted molar refractivity (Wildman–Crippen MR) is 79.1 cm³/mol. The zero-order chi connectivity index (χ0) is 13.9. The van der Waals surface area contributed by atoms with E-state index in [1.54, 1.807) is 18.3 Å². The van der Waals surface area contributed by atoms with Gasteiger partial charge < -0.3 is 10.6 Å². The second-order valence-corrected chi connectivity index (χ2v) is 5.08. The second-order valence-electron chi connectivity index (χ2n) is 4.69. The average molecular weight is 288 g/mol. The number of carbonyl (C=O) groups excluding carboxylic acids is 1. The van der Waals surface area contributed by atoms with Crippen molar-refractivity contribution < 1.29 is 4.79 Å². The van der Waals surface area contributed by atoms with Crippen molar-refractivity contribution in [2.75, 3.05) is 11.9 Å². The van der Waals surface area contributed by atoms with Crippen LogP contribution in [-0.2, 0) is 13.0 Å². The molecule has 1 aliphatic rings. The number of halogens is 1. The molecule has 0 bridgehead atoms. The first-order valence-electron chi connectivity index (χ1n) is 6.48. The summed E-state index contributed by atoms with van der Waals surface area (Å²) < 4.78 is 0. The smallest absolute Gasteiger partial charge is 0.255 e. The molecule has 0 saturated carbocycles. The van der Waals surface area contributed by atoms with Crippen LogP contribution in [0.3, 0.4) is 0 Å². The molecule has 1 aromatic heterocycles. The number of benzene rings is 1. The fourth-order valence-electron chi connectivity index (χ4n) is 2.39. The van der Waals surface area contributed by atoms with Gasteiger partial charge in [-0.2, -0.15) is 0 Å². The number of carbonyl (C=O) groups is 1. The first kappa shape index (κ1) is 13.1. The molecule has 20 heavy (non-hydrogen) atoms. The highest BCUT2D eigenvalue weighted by molar-refractivity contribution is 6.29. The third-order valence-electron chi connectivity index (χ3n) is 3.37. The van der Waals surface area contributed by atoms with Gasteiger partial charge in [-0.15, -0.1) is 0 Å². The zero-order valence-corrected chi connectivity index (χ0v) is 11.6. The maximum absolute atomic E-state index is 12.4. The number of amides is 1. The van der Waals surface area contributed by atoms with E-state index in [-0.39, 0.29) is 5.91 Å². The normalized spacial score (nSPS) is 13.7. The van der Waals surface area contributed by atoms with Crippen molar-refractivity contribution in [3.05, 3.63) is 58.4 Å². The fourth-order valence-corrected chi connectivity index (χ4v) is 2.50. The summed E-state index contributed by atoms with van der Waals surface area (Å²) in [5.74, 6) is -0.104. The van der Waals surface area contributed by atoms with Crippen LogP contribution in [-0.4, -0.2) is 17.4 Å². The van der Waals surface area contributed by atoms with E-state index >= 15 is 0 Å². The van der Waals surface area contributed by atoms with Crippen molar-refractivity contribution in [1.82, 2.24) is 10.3 Å². The molecule has 1 aromatic carbocycles. The van der Waals surface area contributed by atoms with E-state index in [4.69, 9.17) is 11.6 Å². The molecular formula is C15H14ClN3O. The maximum Gasteiger partial charge on any atom is 0.255 e. The van der Waals surface area contributed by atoms with Crippen molar-refractivity contribution in [2.24, 2.45) is 0 Å². The number of hydrogen-bond acceptors (Lipinski definition) is 3. The second kappa shape index (κ2) is 5.61. The summed E-state index contributed by atoms with van der Waals surface area (Å²) in [6.45, 7) is 1.72. The highest BCUT2D eigenvalue weighted by Gasteiger charge is 2.17. The third kappa shape index (κ3) is 2.66. The number of nitrogens with one attached hydrogen (secondary N) is 2. The molecule has 1 aliphatic heterocycles. The molecule has 0 fully saturated rings. The van der Waals surface area contributed by atoms with E-state index in [0.717, 1.165) is 30.6 Å². The first-order chi connectivity index (χ1) is 9.74. The lowest BCUT2D eigenvalue weighted by atomic mass is 9.95. The third-order valence-corrected chi connectivity index (χ3v) is 3.59. The van der Waals surface area contributed by atoms with Gasteiger partial charge in [-0.3, -0.25) is 4.79 Å². The Hall–Kier alpha value is -1.91. The topological polar surface area (TPSA) is 54.0 Å². The van der Waals surface area contributed by atoms with E-state index in [1.165, 1.54) is 5.56 Å². The predicted octanol–water partition coefficient (Wildman–Crippen LogP) is 2.63. The molecule has 1 amide bonds. The molecule has 0 spiro atoms. The Morgan fingerprint density at radius 1 is 1.30 bits per heavy atom. The lowest BCUT2D eigenvalue weighted by Gasteiger charge is -2.19. The lowest BCUT2D eigenvalue weighted by Crippen LogP contribution is -2.26. The molecule has 4 nitrogen and oxygen atoms in total. The largest absolute Gasteiger partial charge is 0.321 e. The number of hydrogen-bond donors (Lipinski definition) is 2. The zero-order valence-electron chi connectivity index (χ0n) is 10.8. The molecular weight excluding hydrogens is 274 g/mol. The van der Waals surface area contributed by atoms with Crippen LogP contribution in [0, 0.1) is 0 Å². The summed E-state index contributed by atoms with van der Waals surface area (Å²) >= 11 is 5.73. The van der Waals surface area contributed by atoms with Gasteiger partial charge in [0.05, 0.1) is 11.9 Å². The maximum atomic E-state index is 12.4. The summed E-state index contributed by atoms with van der Waals surface area (Å²) in [5, 5.41) is 6.57. The van der Waals surface area contributed by atoms with Gasteiger partial charge in [0.15, 0.2) is 0 Å². The van der Waals surface area contributed by atoms with Gasteiger partial charge in [-0.1, -0.05) is 23.7 Å². The molecule has 2 aromatic rings. The standard InChI is InChI=1S/C15H14ClN3O/c16-14-5-4-11(9-18-14)19-15(20)13-3-1-2-10-8-17-7-6-12(10)13/h1-5,9,17H,6-8H2,(H,19,20). The van der Waals surface area contributed by atoms with Gasteiger partial charge in [0.25, 0.3) is 5.91 Å². The van der Waals surface area contributed by atoms with E-state index in [2.05, 4.69) is 21.7 Å². The summed E-state index contributed by atoms with van der Waals surface area (Å²) in [6, 6.07) is 9.23. The minimum Gasteiger partial charge on any atom is -0.321 e. The Morgan fingerprint density at radius 2 is 2.20 bits per heavy atom. The van der Waals surface area contributed by atoms with E-state index < -0.39 is 0 Å². The lowest BCUT2D eigenvalue weighted by molar-refractivity contribution is 0.102. The van der Waals surface area contributed by atoms with Gasteiger partial charge in [0.2, 0.25) is 0 Å². The van der Waals surface area contributed by atoms with E-state index in [9.17, 15) is 4.79 Å². The summed E-state index contributed by atoms with van der Waals surface area (Å²) in [4.78, 5) is 16.3. The molecule has 0 saturated heterocycles. The SMILES string of the molecule is O=C(Nc1ccc(Cl)nc1)c1cccc2c1CCNC2. The minimum absolute atomic E-state index is 0.104. The molecule has 2 heterocycles. The molecule has 0 radical (unpaired) electrons. The Balaban J connectivity index is 1.85. The van der Waals surface area contributed by atoms with E-state index in [1.807, 2.05) is 12.1 Å². The van der Waals surface area contributed by atoms with Crippen LogP contribution in [0.15, 0.2) is 36.5 Å². The summed E-state index contributed by atoms with van der Waals surface area (Å²) in [6.07, 6.45) is 2.43. The molecule has 0 unspecified atom stereocenters. The highest BCUT2D eigenvalue weighted by Crippen LogP contribution is 2.20. The Bertz CT molecular complexity index is 640. The van der Waals surface area contributed by atoms with Crippen molar-refractivity contribution >= 4 is 23.2 Å². The number of anilines is 1. The number of rotatable bonds is 2. The van der Waals surface area contributed by atoms with Crippen LogP contribution < -0.4 is 10.6 Å². The highest BCUT2D eigenvalue weighted by atomic mass is 35.5. The average Bonchev–Trinajstić information content (AvgIpc) is 2.49. The molecule has 0 atom stereocenters. The number of fused-ring (bicyclic) bond motifs is 1. The molecule has 0 aliphatic carbocycles. The van der Waals surface area contributed by atoms with Crippen LogP contribution in [0.1, 0.15) is 21.5 Å². The summed E-state index contributed by atoms with van der Waals surface area (Å²) in [5.41, 5.74) is 3.70. The van der Waals surface area contributed by atoms with Crippen LogP contribution >= 0.6 is 11.6 Å². The molecule has 3 rings (SSSR count). The molecule has 5 heteroatoms. The van der Waals surface area contributed by atoms with Crippen LogP contribution in [0.4, 0.5) is 5.69 Å². The van der Waals surface area contributed by atoms with Gasteiger partial charge in [-0.05, 0) is 42.3 Å². The van der Waals surface area contributed by atoms with Crippen molar-refractivity contribution in [2.45, 2.75) is 13.0 Å². The van der Waals surface area contributed by atoms with Gasteiger partial charge in [0, 0.05) is 12.1 Å². The number of nitrogens with zero attached hydrogens (tertiary/aromatic N) is 1. The first-order valence-corrected chi connectivity index (χ1v) is 6.86. The Labute approximate surface area is 122 Å². The van der Waals surface area contributed by atoms with Crippen LogP contribution in [0.5, 0.6) is 0 Å². The fraction of sp³-hybridized carbons (Fsp3) is 0.200. The molecule has 2 N–H and O–H groups in total. The van der Waals surface area contributed by atoms with Crippen molar-refractivity contribution in [1.29, 1.82) is 0 Å². The molecule has 102 valence electrons. The minimum atomic E-state index is -0.104. The van der Waals surface area contributed by atoms with Crippen LogP contribution in [0.25, 0.3) is 0 Å². The van der Waals surface area contributed by atoms with Crippen LogP contribution in [0.2, 0.25) is 5.15 Å². The monoisotopic (exact) mass is 287 g/mol. The van der Waals surface area contributed by atoms with Gasteiger partial charge >= 0.3 is 0 Å². The van der Waals surface area contributed by atoms with E-state index in [0.29, 0.717) is 10.8 Å². The van der Waals surface area contributed by atoms with Crippen molar-refractivity contribution in [3.8, 4) is 0 Å². The Morgan fingerprint density at radius 3 is 3.00 bits per heavy atom. The van der Waals surface area contributed by atoms with Gasteiger partial charge in [-0.25, -0.2) is 4.98 Å². The Kier molecular flexibility index (Phi) is 3.67. The quantitative estimate of drug-likeness (QED) is 0.835. The number of pyridine rings is 1. The summed E-state index contributed by atoms with van der Waals surface area (Å²) in [7, 11) is 0. The number of aromatic nitrogens is 1. The van der Waals surface area contributed by atoms with Crippen molar-refractivity contribution in [3.63, 3.8) is 0 Å². The van der Waals surface area contributed by atoms with Gasteiger partial charge in [0.1, 0.15) is 5.15 Å².